The maximum Gasteiger partial charge on any atom is 0.251 e. The number of carbonyl (C=O) groups excluding carboxylic acids is 2. The molecule has 5 nitrogen and oxygen atoms in total. The van der Waals surface area contributed by atoms with Crippen molar-refractivity contribution in [1.82, 2.24) is 15.2 Å². The normalized spacial score (nSPS) is 42.3. The molecule has 1 N–H and O–H groups in total. The minimum absolute atomic E-state index is 0.0254. The number of fused-ring (bicyclic) bond motifs is 5. The molecule has 2 heterocycles. The fraction of sp³-hybridized carbons (Fsp3) is 0.640. The topological polar surface area (TPSA) is 62.3 Å². The third kappa shape index (κ3) is 2.77. The van der Waals surface area contributed by atoms with Crippen molar-refractivity contribution in [3.63, 3.8) is 0 Å². The molecule has 5 heteroatoms. The Balaban J connectivity index is 1.37. The van der Waals surface area contributed by atoms with E-state index >= 15 is 0 Å². The fourth-order valence-corrected chi connectivity index (χ4v) is 7.72. The molecule has 2 amide bonds. The molecule has 5 rings (SSSR count). The second kappa shape index (κ2) is 6.93. The maximum atomic E-state index is 12.8. The van der Waals surface area contributed by atoms with Crippen molar-refractivity contribution in [1.29, 1.82) is 0 Å². The molecule has 0 bridgehead atoms. The van der Waals surface area contributed by atoms with E-state index in [-0.39, 0.29) is 28.7 Å². The molecule has 3 saturated carbocycles. The Hall–Kier alpha value is -2.17. The molecule has 7 atom stereocenters. The predicted molar refractivity (Wildman–Crippen MR) is 116 cm³/mol. The zero-order valence-corrected chi connectivity index (χ0v) is 18.3. The fourth-order valence-electron chi connectivity index (χ4n) is 7.72. The molecule has 0 saturated heterocycles. The van der Waals surface area contributed by atoms with Gasteiger partial charge in [0, 0.05) is 42.5 Å². The van der Waals surface area contributed by atoms with Crippen molar-refractivity contribution in [2.75, 3.05) is 7.05 Å². The number of carbonyl (C=O) groups is 2. The quantitative estimate of drug-likeness (QED) is 0.811. The molecule has 1 aromatic rings. The van der Waals surface area contributed by atoms with Gasteiger partial charge in [-0.25, -0.2) is 0 Å². The van der Waals surface area contributed by atoms with E-state index in [0.29, 0.717) is 29.4 Å². The summed E-state index contributed by atoms with van der Waals surface area (Å²) < 4.78 is 0. The van der Waals surface area contributed by atoms with E-state index in [4.69, 9.17) is 0 Å². The van der Waals surface area contributed by atoms with Crippen LogP contribution in [0.3, 0.4) is 0 Å². The second-order valence-electron chi connectivity index (χ2n) is 10.5. The van der Waals surface area contributed by atoms with E-state index in [1.54, 1.807) is 30.6 Å². The number of nitrogens with zero attached hydrogens (tertiary/aromatic N) is 2. The number of likely N-dealkylation sites (N-methyl/N-ethyl adjacent to an activating group) is 1. The third-order valence-electron chi connectivity index (χ3n) is 9.38. The highest BCUT2D eigenvalue weighted by molar-refractivity contribution is 5.94. The van der Waals surface area contributed by atoms with E-state index in [2.05, 4.69) is 30.2 Å². The average Bonchev–Trinajstić information content (AvgIpc) is 3.08. The summed E-state index contributed by atoms with van der Waals surface area (Å²) in [6.45, 7) is 4.80. The Morgan fingerprint density at radius 1 is 1.10 bits per heavy atom. The van der Waals surface area contributed by atoms with E-state index in [1.807, 2.05) is 11.9 Å². The molecule has 0 radical (unpaired) electrons. The summed E-state index contributed by atoms with van der Waals surface area (Å²) in [7, 11) is 1.97. The molecule has 0 unspecified atom stereocenters. The first-order valence-corrected chi connectivity index (χ1v) is 11.5. The van der Waals surface area contributed by atoms with Gasteiger partial charge < -0.3 is 10.2 Å². The van der Waals surface area contributed by atoms with Crippen LogP contribution in [-0.2, 0) is 4.79 Å². The molecule has 160 valence electrons. The molecular weight excluding hydrogens is 374 g/mol. The highest BCUT2D eigenvalue weighted by atomic mass is 16.2. The van der Waals surface area contributed by atoms with Crippen LogP contribution in [0.25, 0.3) is 0 Å². The summed E-state index contributed by atoms with van der Waals surface area (Å²) in [5.74, 6) is 2.12. The van der Waals surface area contributed by atoms with Crippen LogP contribution in [0.4, 0.5) is 0 Å². The largest absolute Gasteiger partial charge is 0.349 e. The van der Waals surface area contributed by atoms with Gasteiger partial charge in [-0.15, -0.1) is 0 Å². The molecule has 1 aromatic heterocycles. The van der Waals surface area contributed by atoms with Gasteiger partial charge in [-0.3, -0.25) is 14.6 Å². The van der Waals surface area contributed by atoms with Crippen LogP contribution in [0.15, 0.2) is 36.7 Å². The minimum Gasteiger partial charge on any atom is -0.349 e. The Morgan fingerprint density at radius 3 is 2.63 bits per heavy atom. The molecule has 0 aromatic carbocycles. The highest BCUT2D eigenvalue weighted by Gasteiger charge is 2.60. The lowest BCUT2D eigenvalue weighted by molar-refractivity contribution is -0.138. The van der Waals surface area contributed by atoms with Crippen molar-refractivity contribution >= 4 is 11.8 Å². The third-order valence-corrected chi connectivity index (χ3v) is 9.38. The lowest BCUT2D eigenvalue weighted by atomic mass is 9.48. The number of rotatable bonds is 2. The first-order chi connectivity index (χ1) is 14.3. The second-order valence-corrected chi connectivity index (χ2v) is 10.5. The van der Waals surface area contributed by atoms with Crippen molar-refractivity contribution < 1.29 is 9.59 Å². The Labute approximate surface area is 179 Å². The number of pyridine rings is 1. The molecule has 3 fully saturated rings. The van der Waals surface area contributed by atoms with E-state index in [9.17, 15) is 9.59 Å². The summed E-state index contributed by atoms with van der Waals surface area (Å²) in [6.07, 6.45) is 14.3. The number of hydrogen-bond acceptors (Lipinski definition) is 3. The Morgan fingerprint density at radius 2 is 1.87 bits per heavy atom. The standard InChI is InChI=1S/C25H33N3O2/c1-24-12-8-19-17(4-7-21-25(19,2)13-9-22(29)28(21)3)18(24)5-6-20(24)27-23(30)16-10-14-26-15-11-16/h9-11,13-15,17-21H,4-8,12H2,1-3H3,(H,27,30)/t17-,18-,19-,20-,21+,24-,25+/m0/s1. The summed E-state index contributed by atoms with van der Waals surface area (Å²) >= 11 is 0. The molecule has 3 aliphatic carbocycles. The van der Waals surface area contributed by atoms with Crippen molar-refractivity contribution in [3.8, 4) is 0 Å². The van der Waals surface area contributed by atoms with E-state index < -0.39 is 0 Å². The van der Waals surface area contributed by atoms with Crippen LogP contribution < -0.4 is 5.32 Å². The number of aromatic nitrogens is 1. The van der Waals surface area contributed by atoms with Gasteiger partial charge >= 0.3 is 0 Å². The molecule has 1 aliphatic heterocycles. The van der Waals surface area contributed by atoms with Gasteiger partial charge in [0.2, 0.25) is 5.91 Å². The first kappa shape index (κ1) is 19.8. The molecule has 4 aliphatic rings. The number of amides is 2. The zero-order valence-electron chi connectivity index (χ0n) is 18.3. The maximum absolute atomic E-state index is 12.8. The van der Waals surface area contributed by atoms with Gasteiger partial charge in [-0.2, -0.15) is 0 Å². The van der Waals surface area contributed by atoms with Crippen molar-refractivity contribution in [3.05, 3.63) is 42.2 Å². The summed E-state index contributed by atoms with van der Waals surface area (Å²) in [4.78, 5) is 31.1. The van der Waals surface area contributed by atoms with Gasteiger partial charge in [0.25, 0.3) is 5.91 Å². The molecule has 0 spiro atoms. The smallest absolute Gasteiger partial charge is 0.251 e. The highest BCUT2D eigenvalue weighted by Crippen LogP contribution is 2.63. The molecular formula is C25H33N3O2. The van der Waals surface area contributed by atoms with E-state index in [1.165, 1.54) is 19.3 Å². The first-order valence-electron chi connectivity index (χ1n) is 11.5. The van der Waals surface area contributed by atoms with Crippen LogP contribution in [-0.4, -0.2) is 40.8 Å². The zero-order chi connectivity index (χ0) is 21.1. The van der Waals surface area contributed by atoms with Gasteiger partial charge in [0.1, 0.15) is 0 Å². The summed E-state index contributed by atoms with van der Waals surface area (Å²) in [5, 5.41) is 3.38. The van der Waals surface area contributed by atoms with E-state index in [0.717, 1.165) is 19.3 Å². The lowest BCUT2D eigenvalue weighted by Gasteiger charge is -2.60. The summed E-state index contributed by atoms with van der Waals surface area (Å²) in [5.41, 5.74) is 0.928. The van der Waals surface area contributed by atoms with Crippen LogP contribution in [0.1, 0.15) is 62.7 Å². The van der Waals surface area contributed by atoms with Crippen molar-refractivity contribution in [2.45, 2.75) is 64.5 Å². The monoisotopic (exact) mass is 407 g/mol. The van der Waals surface area contributed by atoms with Gasteiger partial charge in [0.05, 0.1) is 0 Å². The van der Waals surface area contributed by atoms with Gasteiger partial charge in [-0.05, 0) is 79.9 Å². The van der Waals surface area contributed by atoms with Gasteiger partial charge in [0.15, 0.2) is 0 Å². The Kier molecular flexibility index (Phi) is 4.57. The SMILES string of the molecule is CN1C(=O)C=C[C@]2(C)[C@H]3CC[C@]4(C)[C@@H](NC(=O)c5ccncc5)CC[C@H]4[C@@H]3CC[C@@H]12. The van der Waals surface area contributed by atoms with Gasteiger partial charge in [-0.1, -0.05) is 19.9 Å². The van der Waals surface area contributed by atoms with Crippen LogP contribution in [0.5, 0.6) is 0 Å². The average molecular weight is 408 g/mol. The van der Waals surface area contributed by atoms with Crippen LogP contribution in [0, 0.1) is 28.6 Å². The molecule has 30 heavy (non-hydrogen) atoms. The lowest BCUT2D eigenvalue weighted by Crippen LogP contribution is -2.60. The number of nitrogens with one attached hydrogen (secondary N) is 1. The minimum atomic E-state index is 0.0254. The predicted octanol–water partition coefficient (Wildman–Crippen LogP) is 3.82. The Bertz CT molecular complexity index is 884. The summed E-state index contributed by atoms with van der Waals surface area (Å²) in [6, 6.07) is 4.14. The van der Waals surface area contributed by atoms with Crippen molar-refractivity contribution in [2.24, 2.45) is 28.6 Å². The van der Waals surface area contributed by atoms with Crippen LogP contribution in [0.2, 0.25) is 0 Å². The van der Waals surface area contributed by atoms with Crippen LogP contribution >= 0.6 is 0 Å². The number of hydrogen-bond donors (Lipinski definition) is 1.